The molecule has 2 aromatic carbocycles. The number of hydrogen-bond donors (Lipinski definition) is 1. The van der Waals surface area contributed by atoms with E-state index in [1.807, 2.05) is 37.4 Å². The zero-order chi connectivity index (χ0) is 13.9. The fourth-order valence-corrected chi connectivity index (χ4v) is 3.50. The summed E-state index contributed by atoms with van der Waals surface area (Å²) >= 11 is 12.9. The molecule has 2 aromatic heterocycles. The van der Waals surface area contributed by atoms with Crippen molar-refractivity contribution in [2.24, 2.45) is 7.05 Å². The molecule has 0 spiro atoms. The number of benzene rings is 2. The van der Waals surface area contributed by atoms with E-state index in [2.05, 4.69) is 21.7 Å². The summed E-state index contributed by atoms with van der Waals surface area (Å²) in [6, 6.07) is 14.0. The number of aromatic amines is 1. The summed E-state index contributed by atoms with van der Waals surface area (Å²) in [7, 11) is 2.02. The molecule has 2 heterocycles. The molecule has 0 saturated carbocycles. The topological polar surface area (TPSA) is 19.7 Å². The highest BCUT2D eigenvalue weighted by atomic mass is 35.5. The molecule has 1 N–H and O–H groups in total. The van der Waals surface area contributed by atoms with Crippen LogP contribution in [0.1, 0.15) is 0 Å². The Morgan fingerprint density at radius 1 is 0.900 bits per heavy atom. The Morgan fingerprint density at radius 2 is 1.65 bits per heavy atom. The van der Waals surface area contributed by atoms with Crippen molar-refractivity contribution in [1.82, 2.24) is 4.98 Å². The third-order valence-electron chi connectivity index (χ3n) is 3.79. The molecule has 0 atom stereocenters. The Kier molecular flexibility index (Phi) is 2.47. The highest BCUT2D eigenvalue weighted by Gasteiger charge is 2.22. The van der Waals surface area contributed by atoms with Crippen LogP contribution in [0.3, 0.4) is 0 Å². The summed E-state index contributed by atoms with van der Waals surface area (Å²) in [5, 5.41) is 3.53. The lowest BCUT2D eigenvalue weighted by Crippen LogP contribution is -2.30. The van der Waals surface area contributed by atoms with E-state index in [-0.39, 0.29) is 0 Å². The number of nitrogens with zero attached hydrogens (tertiary/aromatic N) is 1. The van der Waals surface area contributed by atoms with Crippen molar-refractivity contribution < 1.29 is 4.57 Å². The second kappa shape index (κ2) is 4.11. The van der Waals surface area contributed by atoms with Gasteiger partial charge in [-0.1, -0.05) is 41.4 Å². The fourth-order valence-electron chi connectivity index (χ4n) is 2.91. The molecule has 0 aliphatic rings. The SMILES string of the molecule is C[n+]1c2c(Cl)cccc2c(Cl)c2[nH]c3ccccc3c21. The van der Waals surface area contributed by atoms with Crippen molar-refractivity contribution >= 4 is 56.0 Å². The summed E-state index contributed by atoms with van der Waals surface area (Å²) in [6.45, 7) is 0. The average Bonchev–Trinajstić information content (AvgIpc) is 2.84. The van der Waals surface area contributed by atoms with Crippen LogP contribution >= 0.6 is 23.2 Å². The van der Waals surface area contributed by atoms with Crippen molar-refractivity contribution in [3.63, 3.8) is 0 Å². The standard InChI is InChI=1S/C16H10Cl2N2/c1-20-15-10(6-4-7-11(15)17)13(18)14-16(20)9-5-2-3-8-12(9)19-14/h2-8H,1H3/p+1. The smallest absolute Gasteiger partial charge is 0.240 e. The fraction of sp³-hybridized carbons (Fsp3) is 0.0625. The Hall–Kier alpha value is -1.77. The predicted octanol–water partition coefficient (Wildman–Crippen LogP) is 4.61. The first-order valence-electron chi connectivity index (χ1n) is 6.34. The molecule has 4 heteroatoms. The Morgan fingerprint density at radius 3 is 2.50 bits per heavy atom. The molecule has 4 rings (SSSR count). The quantitative estimate of drug-likeness (QED) is 0.458. The minimum absolute atomic E-state index is 0.707. The van der Waals surface area contributed by atoms with Gasteiger partial charge in [0.2, 0.25) is 11.0 Å². The van der Waals surface area contributed by atoms with E-state index in [9.17, 15) is 0 Å². The number of pyridine rings is 1. The molecular formula is C16H11Cl2N2+. The molecule has 20 heavy (non-hydrogen) atoms. The number of aromatic nitrogens is 2. The molecule has 2 nitrogen and oxygen atoms in total. The highest BCUT2D eigenvalue weighted by molar-refractivity contribution is 6.42. The maximum Gasteiger partial charge on any atom is 0.240 e. The van der Waals surface area contributed by atoms with E-state index in [1.165, 1.54) is 0 Å². The van der Waals surface area contributed by atoms with Crippen molar-refractivity contribution in [3.8, 4) is 0 Å². The van der Waals surface area contributed by atoms with Gasteiger partial charge in [0.25, 0.3) is 0 Å². The van der Waals surface area contributed by atoms with E-state index in [1.54, 1.807) is 0 Å². The lowest BCUT2D eigenvalue weighted by atomic mass is 10.1. The Labute approximate surface area is 125 Å². The van der Waals surface area contributed by atoms with Gasteiger partial charge in [0.1, 0.15) is 17.6 Å². The van der Waals surface area contributed by atoms with Gasteiger partial charge in [-0.2, -0.15) is 4.57 Å². The van der Waals surface area contributed by atoms with Gasteiger partial charge in [-0.05, 0) is 24.3 Å². The second-order valence-electron chi connectivity index (χ2n) is 4.90. The van der Waals surface area contributed by atoms with E-state index in [0.717, 1.165) is 32.8 Å². The molecule has 0 fully saturated rings. The lowest BCUT2D eigenvalue weighted by Gasteiger charge is -2.03. The number of H-pyrrole nitrogens is 1. The molecule has 4 aromatic rings. The van der Waals surface area contributed by atoms with E-state index >= 15 is 0 Å². The minimum Gasteiger partial charge on any atom is -0.348 e. The van der Waals surface area contributed by atoms with Crippen LogP contribution in [0.15, 0.2) is 42.5 Å². The third-order valence-corrected chi connectivity index (χ3v) is 4.49. The maximum absolute atomic E-state index is 6.59. The Bertz CT molecular complexity index is 986. The number of rotatable bonds is 0. The highest BCUT2D eigenvalue weighted by Crippen LogP contribution is 2.34. The third kappa shape index (κ3) is 1.43. The normalized spacial score (nSPS) is 11.8. The zero-order valence-corrected chi connectivity index (χ0v) is 12.3. The number of fused-ring (bicyclic) bond motifs is 4. The molecule has 0 bridgehead atoms. The first kappa shape index (κ1) is 12.0. The van der Waals surface area contributed by atoms with E-state index in [0.29, 0.717) is 10.0 Å². The van der Waals surface area contributed by atoms with Gasteiger partial charge in [-0.25, -0.2) is 0 Å². The van der Waals surface area contributed by atoms with Crippen LogP contribution in [0.4, 0.5) is 0 Å². The first-order valence-corrected chi connectivity index (χ1v) is 7.10. The molecule has 0 radical (unpaired) electrons. The van der Waals surface area contributed by atoms with Crippen molar-refractivity contribution in [2.45, 2.75) is 0 Å². The lowest BCUT2D eigenvalue weighted by molar-refractivity contribution is -0.616. The summed E-state index contributed by atoms with van der Waals surface area (Å²) in [5.74, 6) is 0. The number of para-hydroxylation sites is 2. The monoisotopic (exact) mass is 301 g/mol. The summed E-state index contributed by atoms with van der Waals surface area (Å²) < 4.78 is 2.11. The average molecular weight is 302 g/mol. The van der Waals surface area contributed by atoms with Crippen LogP contribution in [-0.4, -0.2) is 4.98 Å². The number of halogens is 2. The molecule has 0 amide bonds. The predicted molar refractivity (Wildman–Crippen MR) is 84.5 cm³/mol. The van der Waals surface area contributed by atoms with Crippen LogP contribution < -0.4 is 4.57 Å². The van der Waals surface area contributed by atoms with Crippen molar-refractivity contribution in [3.05, 3.63) is 52.5 Å². The molecule has 0 aliphatic carbocycles. The van der Waals surface area contributed by atoms with Gasteiger partial charge in [0, 0.05) is 0 Å². The molecule has 0 aliphatic heterocycles. The molecular weight excluding hydrogens is 291 g/mol. The maximum atomic E-state index is 6.59. The minimum atomic E-state index is 0.707. The summed E-state index contributed by atoms with van der Waals surface area (Å²) in [5.41, 5.74) is 4.05. The summed E-state index contributed by atoms with van der Waals surface area (Å²) in [4.78, 5) is 3.40. The van der Waals surface area contributed by atoms with E-state index in [4.69, 9.17) is 23.2 Å². The van der Waals surface area contributed by atoms with Crippen molar-refractivity contribution in [2.75, 3.05) is 0 Å². The zero-order valence-electron chi connectivity index (χ0n) is 10.7. The number of hydrogen-bond acceptors (Lipinski definition) is 0. The van der Waals surface area contributed by atoms with Crippen LogP contribution in [0.25, 0.3) is 32.8 Å². The molecule has 98 valence electrons. The van der Waals surface area contributed by atoms with Gasteiger partial charge in [-0.3, -0.25) is 0 Å². The second-order valence-corrected chi connectivity index (χ2v) is 5.69. The van der Waals surface area contributed by atoms with Crippen molar-refractivity contribution in [1.29, 1.82) is 0 Å². The van der Waals surface area contributed by atoms with Gasteiger partial charge in [0.15, 0.2) is 0 Å². The Balaban J connectivity index is 2.40. The van der Waals surface area contributed by atoms with Crippen LogP contribution in [0.5, 0.6) is 0 Å². The molecule has 0 unspecified atom stereocenters. The summed E-state index contributed by atoms with van der Waals surface area (Å²) in [6.07, 6.45) is 0. The van der Waals surface area contributed by atoms with Crippen LogP contribution in [-0.2, 0) is 7.05 Å². The van der Waals surface area contributed by atoms with Gasteiger partial charge < -0.3 is 4.98 Å². The van der Waals surface area contributed by atoms with Crippen LogP contribution in [0.2, 0.25) is 10.0 Å². The van der Waals surface area contributed by atoms with Gasteiger partial charge >= 0.3 is 0 Å². The van der Waals surface area contributed by atoms with Gasteiger partial charge in [0.05, 0.1) is 21.3 Å². The largest absolute Gasteiger partial charge is 0.348 e. The van der Waals surface area contributed by atoms with E-state index < -0.39 is 0 Å². The van der Waals surface area contributed by atoms with Crippen LogP contribution in [0, 0.1) is 0 Å². The molecule has 0 saturated heterocycles. The number of aryl methyl sites for hydroxylation is 1. The van der Waals surface area contributed by atoms with Gasteiger partial charge in [-0.15, -0.1) is 0 Å². The first-order chi connectivity index (χ1) is 9.68. The number of nitrogens with one attached hydrogen (secondary N) is 1.